The summed E-state index contributed by atoms with van der Waals surface area (Å²) in [6, 6.07) is 7.52. The van der Waals surface area contributed by atoms with Crippen LogP contribution in [0.3, 0.4) is 0 Å². The molecule has 0 aliphatic heterocycles. The van der Waals surface area contributed by atoms with E-state index in [1.165, 1.54) is 24.3 Å². The van der Waals surface area contributed by atoms with Crippen LogP contribution in [-0.4, -0.2) is 30.5 Å². The van der Waals surface area contributed by atoms with Crippen LogP contribution in [0.5, 0.6) is 0 Å². The number of benzene rings is 2. The number of amides is 1. The quantitative estimate of drug-likeness (QED) is 0.665. The molecule has 1 amide bonds. The first-order valence-electron chi connectivity index (χ1n) is 7.50. The normalized spacial score (nSPS) is 11.6. The number of fused-ring (bicyclic) bond motifs is 1. The Bertz CT molecular complexity index is 1140. The predicted molar refractivity (Wildman–Crippen MR) is 95.9 cm³/mol. The molecule has 0 aliphatic carbocycles. The van der Waals surface area contributed by atoms with Gasteiger partial charge < -0.3 is 15.3 Å². The van der Waals surface area contributed by atoms with Gasteiger partial charge >= 0.3 is 5.69 Å². The molecule has 3 aromatic rings. The summed E-state index contributed by atoms with van der Waals surface area (Å²) in [4.78, 5) is 29.6. The van der Waals surface area contributed by atoms with Gasteiger partial charge in [-0.2, -0.15) is 0 Å². The van der Waals surface area contributed by atoms with E-state index in [2.05, 4.69) is 15.3 Å². The van der Waals surface area contributed by atoms with Gasteiger partial charge in [-0.25, -0.2) is 13.2 Å². The van der Waals surface area contributed by atoms with Gasteiger partial charge in [0.15, 0.2) is 9.84 Å². The average Bonchev–Trinajstić information content (AvgIpc) is 2.91. The highest BCUT2D eigenvalue weighted by Gasteiger charge is 2.15. The number of aryl methyl sites for hydroxylation is 1. The van der Waals surface area contributed by atoms with Crippen molar-refractivity contribution in [3.8, 4) is 0 Å². The smallest absolute Gasteiger partial charge is 0.320 e. The maximum absolute atomic E-state index is 12.5. The van der Waals surface area contributed by atoms with Gasteiger partial charge in [0, 0.05) is 11.8 Å². The molecule has 1 aromatic heterocycles. The zero-order valence-corrected chi connectivity index (χ0v) is 14.7. The third kappa shape index (κ3) is 3.20. The van der Waals surface area contributed by atoms with Gasteiger partial charge in [0.25, 0.3) is 5.91 Å². The van der Waals surface area contributed by atoms with Crippen LogP contribution in [0, 0.1) is 13.8 Å². The number of carbonyl (C=O) groups is 1. The third-order valence-electron chi connectivity index (χ3n) is 4.12. The van der Waals surface area contributed by atoms with Crippen LogP contribution >= 0.6 is 0 Å². The van der Waals surface area contributed by atoms with Crippen molar-refractivity contribution in [2.45, 2.75) is 18.7 Å². The lowest BCUT2D eigenvalue weighted by atomic mass is 10.1. The third-order valence-corrected chi connectivity index (χ3v) is 5.25. The molecule has 7 nitrogen and oxygen atoms in total. The van der Waals surface area contributed by atoms with Gasteiger partial charge in [-0.1, -0.05) is 0 Å². The predicted octanol–water partition coefficient (Wildman–Crippen LogP) is 2.13. The summed E-state index contributed by atoms with van der Waals surface area (Å²) in [5, 5.41) is 2.80. The molecule has 25 heavy (non-hydrogen) atoms. The lowest BCUT2D eigenvalue weighted by molar-refractivity contribution is 0.102. The van der Waals surface area contributed by atoms with E-state index in [9.17, 15) is 18.0 Å². The summed E-state index contributed by atoms with van der Waals surface area (Å²) in [5.74, 6) is -0.392. The SMILES string of the molecule is Cc1cc2[nH]c(=O)[nH]c2c(NC(=O)c2ccc(S(C)(=O)=O)cc2)c1C. The molecule has 2 aromatic carbocycles. The molecule has 0 saturated carbocycles. The topological polar surface area (TPSA) is 112 Å². The zero-order chi connectivity index (χ0) is 18.4. The summed E-state index contributed by atoms with van der Waals surface area (Å²) in [6.07, 6.45) is 1.11. The number of hydrogen-bond acceptors (Lipinski definition) is 4. The lowest BCUT2D eigenvalue weighted by Crippen LogP contribution is -2.14. The van der Waals surface area contributed by atoms with Crippen LogP contribution in [0.4, 0.5) is 5.69 Å². The summed E-state index contributed by atoms with van der Waals surface area (Å²) >= 11 is 0. The molecule has 130 valence electrons. The van der Waals surface area contributed by atoms with Crippen LogP contribution in [0.2, 0.25) is 0 Å². The Morgan fingerprint density at radius 3 is 2.32 bits per heavy atom. The van der Waals surface area contributed by atoms with Crippen LogP contribution in [-0.2, 0) is 9.84 Å². The number of carbonyl (C=O) groups excluding carboxylic acids is 1. The van der Waals surface area contributed by atoms with Crippen molar-refractivity contribution in [3.05, 3.63) is 57.5 Å². The lowest BCUT2D eigenvalue weighted by Gasteiger charge is -2.12. The summed E-state index contributed by atoms with van der Waals surface area (Å²) < 4.78 is 23.0. The van der Waals surface area contributed by atoms with Gasteiger partial charge in [0.1, 0.15) is 0 Å². The molecule has 0 spiro atoms. The minimum atomic E-state index is -3.32. The maximum atomic E-state index is 12.5. The van der Waals surface area contributed by atoms with Crippen LogP contribution < -0.4 is 11.0 Å². The van der Waals surface area contributed by atoms with Gasteiger partial charge in [-0.05, 0) is 55.3 Å². The Morgan fingerprint density at radius 2 is 1.72 bits per heavy atom. The molecule has 1 heterocycles. The highest BCUT2D eigenvalue weighted by atomic mass is 32.2. The van der Waals surface area contributed by atoms with E-state index in [0.717, 1.165) is 17.4 Å². The van der Waals surface area contributed by atoms with Crippen molar-refractivity contribution in [3.63, 3.8) is 0 Å². The van der Waals surface area contributed by atoms with E-state index in [4.69, 9.17) is 0 Å². The molecule has 0 saturated heterocycles. The van der Waals surface area contributed by atoms with Crippen molar-refractivity contribution in [1.29, 1.82) is 0 Å². The van der Waals surface area contributed by atoms with Gasteiger partial charge in [0.05, 0.1) is 21.6 Å². The van der Waals surface area contributed by atoms with Gasteiger partial charge in [0.2, 0.25) is 0 Å². The largest absolute Gasteiger partial charge is 0.323 e. The van der Waals surface area contributed by atoms with E-state index < -0.39 is 15.7 Å². The molecule has 3 rings (SSSR count). The highest BCUT2D eigenvalue weighted by Crippen LogP contribution is 2.27. The van der Waals surface area contributed by atoms with Crippen molar-refractivity contribution in [2.75, 3.05) is 11.6 Å². The summed E-state index contributed by atoms with van der Waals surface area (Å²) in [7, 11) is -3.32. The number of hydrogen-bond donors (Lipinski definition) is 3. The fourth-order valence-electron chi connectivity index (χ4n) is 2.61. The monoisotopic (exact) mass is 359 g/mol. The number of anilines is 1. The Hall–Kier alpha value is -2.87. The first-order valence-corrected chi connectivity index (χ1v) is 9.39. The molecule has 0 aliphatic rings. The van der Waals surface area contributed by atoms with Crippen LogP contribution in [0.1, 0.15) is 21.5 Å². The molecule has 0 bridgehead atoms. The van der Waals surface area contributed by atoms with Crippen molar-refractivity contribution >= 4 is 32.5 Å². The molecular weight excluding hydrogens is 342 g/mol. The van der Waals surface area contributed by atoms with E-state index in [1.54, 1.807) is 0 Å². The second kappa shape index (κ2) is 5.89. The van der Waals surface area contributed by atoms with Crippen molar-refractivity contribution in [1.82, 2.24) is 9.97 Å². The van der Waals surface area contributed by atoms with E-state index >= 15 is 0 Å². The number of aromatic amines is 2. The van der Waals surface area contributed by atoms with Crippen molar-refractivity contribution in [2.24, 2.45) is 0 Å². The van der Waals surface area contributed by atoms with Gasteiger partial charge in [-0.15, -0.1) is 0 Å². The number of nitrogens with one attached hydrogen (secondary N) is 3. The maximum Gasteiger partial charge on any atom is 0.323 e. The standard InChI is InChI=1S/C17H17N3O4S/c1-9-8-13-15(20-17(22)18-13)14(10(9)2)19-16(21)11-4-6-12(7-5-11)25(3,23)24/h4-8H,1-3H3,(H,19,21)(H2,18,20,22). The molecule has 0 atom stereocenters. The highest BCUT2D eigenvalue weighted by molar-refractivity contribution is 7.90. The summed E-state index contributed by atoms with van der Waals surface area (Å²) in [6.45, 7) is 3.74. The number of sulfone groups is 1. The number of rotatable bonds is 3. The number of imidazole rings is 1. The second-order valence-electron chi connectivity index (χ2n) is 5.95. The first kappa shape index (κ1) is 17.0. The molecule has 3 N–H and O–H groups in total. The number of H-pyrrole nitrogens is 2. The number of aromatic nitrogens is 2. The fourth-order valence-corrected chi connectivity index (χ4v) is 3.24. The van der Waals surface area contributed by atoms with E-state index in [0.29, 0.717) is 22.3 Å². The Morgan fingerprint density at radius 1 is 1.08 bits per heavy atom. The van der Waals surface area contributed by atoms with Gasteiger partial charge in [-0.3, -0.25) is 4.79 Å². The minimum absolute atomic E-state index is 0.146. The van der Waals surface area contributed by atoms with E-state index in [1.807, 2.05) is 19.9 Å². The van der Waals surface area contributed by atoms with Crippen LogP contribution in [0.25, 0.3) is 11.0 Å². The van der Waals surface area contributed by atoms with Crippen LogP contribution in [0.15, 0.2) is 40.0 Å². The Kier molecular flexibility index (Phi) is 4.00. The first-order chi connectivity index (χ1) is 11.7. The minimum Gasteiger partial charge on any atom is -0.320 e. The Balaban J connectivity index is 2.00. The molecule has 8 heteroatoms. The molecular formula is C17H17N3O4S. The van der Waals surface area contributed by atoms with E-state index in [-0.39, 0.29) is 10.6 Å². The van der Waals surface area contributed by atoms with Crippen molar-refractivity contribution < 1.29 is 13.2 Å². The molecule has 0 fully saturated rings. The molecule has 0 radical (unpaired) electrons. The Labute approximate surface area is 144 Å². The zero-order valence-electron chi connectivity index (χ0n) is 13.9. The average molecular weight is 359 g/mol. The summed E-state index contributed by atoms with van der Waals surface area (Å²) in [5.41, 5.74) is 3.37. The fraction of sp³-hybridized carbons (Fsp3) is 0.176. The second-order valence-corrected chi connectivity index (χ2v) is 7.96. The molecule has 0 unspecified atom stereocenters.